The number of hydrogen-bond donors (Lipinski definition) is 1. The van der Waals surface area contributed by atoms with Crippen LogP contribution in [0.3, 0.4) is 0 Å². The van der Waals surface area contributed by atoms with E-state index in [0.29, 0.717) is 17.4 Å². The van der Waals surface area contributed by atoms with Crippen molar-refractivity contribution in [3.63, 3.8) is 0 Å². The van der Waals surface area contributed by atoms with Gasteiger partial charge in [0.05, 0.1) is 6.10 Å². The van der Waals surface area contributed by atoms with Gasteiger partial charge in [0.25, 0.3) is 0 Å². The molecule has 4 heteroatoms. The highest BCUT2D eigenvalue weighted by molar-refractivity contribution is 6.30. The maximum atomic E-state index is 12.0. The Hall–Kier alpha value is -1.06. The molecule has 1 N–H and O–H groups in total. The Balaban J connectivity index is 1.88. The second kappa shape index (κ2) is 7.28. The number of nitrogens with zero attached hydrogens (tertiary/aromatic N) is 1. The standard InChI is InChI=1S/C17H24ClNO2/c1-12(2)11-16(20)19-9-7-14(8-10-19)17(21)13-3-5-15(18)6-4-13/h3-6,12,14,17,21H,7-11H2,1-2H3. The average Bonchev–Trinajstić information content (AvgIpc) is 2.47. The Morgan fingerprint density at radius 3 is 2.38 bits per heavy atom. The van der Waals surface area contributed by atoms with E-state index in [2.05, 4.69) is 13.8 Å². The van der Waals surface area contributed by atoms with Crippen molar-refractivity contribution in [1.29, 1.82) is 0 Å². The van der Waals surface area contributed by atoms with Crippen LogP contribution in [0.15, 0.2) is 24.3 Å². The molecule has 0 aliphatic carbocycles. The van der Waals surface area contributed by atoms with Gasteiger partial charge in [-0.1, -0.05) is 37.6 Å². The van der Waals surface area contributed by atoms with E-state index in [1.165, 1.54) is 0 Å². The van der Waals surface area contributed by atoms with E-state index in [1.54, 1.807) is 12.1 Å². The number of aliphatic hydroxyl groups excluding tert-OH is 1. The third-order valence-electron chi connectivity index (χ3n) is 4.13. The molecular formula is C17H24ClNO2. The van der Waals surface area contributed by atoms with Gasteiger partial charge in [0.2, 0.25) is 5.91 Å². The van der Waals surface area contributed by atoms with E-state index in [9.17, 15) is 9.90 Å². The number of piperidine rings is 1. The lowest BCUT2D eigenvalue weighted by molar-refractivity contribution is -0.134. The van der Waals surface area contributed by atoms with Crippen molar-refractivity contribution in [1.82, 2.24) is 4.90 Å². The van der Waals surface area contributed by atoms with Gasteiger partial charge < -0.3 is 10.0 Å². The van der Waals surface area contributed by atoms with E-state index >= 15 is 0 Å². The SMILES string of the molecule is CC(C)CC(=O)N1CCC(C(O)c2ccc(Cl)cc2)CC1. The number of halogens is 1. The van der Waals surface area contributed by atoms with Gasteiger partial charge in [0, 0.05) is 24.5 Å². The lowest BCUT2D eigenvalue weighted by Gasteiger charge is -2.34. The summed E-state index contributed by atoms with van der Waals surface area (Å²) < 4.78 is 0. The van der Waals surface area contributed by atoms with E-state index in [-0.39, 0.29) is 11.8 Å². The van der Waals surface area contributed by atoms with Crippen molar-refractivity contribution in [2.24, 2.45) is 11.8 Å². The molecule has 0 aromatic heterocycles. The van der Waals surface area contributed by atoms with Crippen LogP contribution in [0.25, 0.3) is 0 Å². The number of amides is 1. The predicted molar refractivity (Wildman–Crippen MR) is 85.2 cm³/mol. The van der Waals surface area contributed by atoms with Crippen LogP contribution in [0.4, 0.5) is 0 Å². The van der Waals surface area contributed by atoms with Crippen molar-refractivity contribution in [3.05, 3.63) is 34.9 Å². The van der Waals surface area contributed by atoms with Crippen LogP contribution in [0.5, 0.6) is 0 Å². The van der Waals surface area contributed by atoms with Crippen LogP contribution >= 0.6 is 11.6 Å². The van der Waals surface area contributed by atoms with Crippen molar-refractivity contribution in [3.8, 4) is 0 Å². The molecule has 1 atom stereocenters. The van der Waals surface area contributed by atoms with Crippen molar-refractivity contribution in [2.75, 3.05) is 13.1 Å². The number of carbonyl (C=O) groups is 1. The molecule has 116 valence electrons. The fraction of sp³-hybridized carbons (Fsp3) is 0.588. The summed E-state index contributed by atoms with van der Waals surface area (Å²) in [6, 6.07) is 7.37. The highest BCUT2D eigenvalue weighted by Crippen LogP contribution is 2.31. The number of likely N-dealkylation sites (tertiary alicyclic amines) is 1. The number of aliphatic hydroxyl groups is 1. The van der Waals surface area contributed by atoms with Crippen LogP contribution < -0.4 is 0 Å². The van der Waals surface area contributed by atoms with Gasteiger partial charge in [-0.25, -0.2) is 0 Å². The summed E-state index contributed by atoms with van der Waals surface area (Å²) in [7, 11) is 0. The van der Waals surface area contributed by atoms with Gasteiger partial charge >= 0.3 is 0 Å². The number of benzene rings is 1. The molecule has 0 spiro atoms. The Bertz CT molecular complexity index is 464. The minimum absolute atomic E-state index is 0.217. The largest absolute Gasteiger partial charge is 0.388 e. The van der Waals surface area contributed by atoms with Gasteiger partial charge in [0.1, 0.15) is 0 Å². The Morgan fingerprint density at radius 2 is 1.86 bits per heavy atom. The summed E-state index contributed by atoms with van der Waals surface area (Å²) in [4.78, 5) is 14.0. The van der Waals surface area contributed by atoms with Gasteiger partial charge in [-0.2, -0.15) is 0 Å². The molecule has 1 amide bonds. The van der Waals surface area contributed by atoms with Crippen molar-refractivity contribution < 1.29 is 9.90 Å². The molecule has 0 bridgehead atoms. The van der Waals surface area contributed by atoms with E-state index in [1.807, 2.05) is 17.0 Å². The predicted octanol–water partition coefficient (Wildman–Crippen LogP) is 3.66. The summed E-state index contributed by atoms with van der Waals surface area (Å²) in [5.74, 6) is 0.855. The first-order chi connectivity index (χ1) is 9.97. The lowest BCUT2D eigenvalue weighted by atomic mass is 9.87. The normalized spacial score (nSPS) is 18.0. The molecule has 1 aromatic rings. The third-order valence-corrected chi connectivity index (χ3v) is 4.39. The molecule has 1 aliphatic rings. The Morgan fingerprint density at radius 1 is 1.29 bits per heavy atom. The zero-order chi connectivity index (χ0) is 15.4. The third kappa shape index (κ3) is 4.45. The fourth-order valence-electron chi connectivity index (χ4n) is 2.88. The maximum Gasteiger partial charge on any atom is 0.222 e. The van der Waals surface area contributed by atoms with Gasteiger partial charge in [-0.15, -0.1) is 0 Å². The molecule has 1 saturated heterocycles. The fourth-order valence-corrected chi connectivity index (χ4v) is 3.00. The molecule has 0 radical (unpaired) electrons. The van der Waals surface area contributed by atoms with Crippen LogP contribution in [0.2, 0.25) is 5.02 Å². The summed E-state index contributed by atoms with van der Waals surface area (Å²) in [6.45, 7) is 5.63. The van der Waals surface area contributed by atoms with Crippen LogP contribution in [0, 0.1) is 11.8 Å². The molecule has 2 rings (SSSR count). The van der Waals surface area contributed by atoms with Crippen molar-refractivity contribution in [2.45, 2.75) is 39.2 Å². The number of rotatable bonds is 4. The minimum atomic E-state index is -0.468. The van der Waals surface area contributed by atoms with Gasteiger partial charge in [-0.05, 0) is 42.4 Å². The summed E-state index contributed by atoms with van der Waals surface area (Å²) in [6.07, 6.45) is 1.86. The molecule has 1 aromatic carbocycles. The highest BCUT2D eigenvalue weighted by Gasteiger charge is 2.28. The minimum Gasteiger partial charge on any atom is -0.388 e. The van der Waals surface area contributed by atoms with Crippen LogP contribution in [-0.2, 0) is 4.79 Å². The lowest BCUT2D eigenvalue weighted by Crippen LogP contribution is -2.40. The first kappa shape index (κ1) is 16.3. The molecule has 1 unspecified atom stereocenters. The monoisotopic (exact) mass is 309 g/mol. The summed E-state index contributed by atoms with van der Waals surface area (Å²) >= 11 is 5.87. The van der Waals surface area contributed by atoms with Gasteiger partial charge in [0.15, 0.2) is 0 Å². The second-order valence-electron chi connectivity index (χ2n) is 6.31. The number of hydrogen-bond acceptors (Lipinski definition) is 2. The molecular weight excluding hydrogens is 286 g/mol. The zero-order valence-electron chi connectivity index (χ0n) is 12.8. The smallest absolute Gasteiger partial charge is 0.222 e. The number of carbonyl (C=O) groups excluding carboxylic acids is 1. The van der Waals surface area contributed by atoms with Crippen LogP contribution in [-0.4, -0.2) is 29.0 Å². The molecule has 1 heterocycles. The average molecular weight is 310 g/mol. The summed E-state index contributed by atoms with van der Waals surface area (Å²) in [5.41, 5.74) is 0.909. The van der Waals surface area contributed by atoms with Gasteiger partial charge in [-0.3, -0.25) is 4.79 Å². The van der Waals surface area contributed by atoms with Crippen molar-refractivity contribution >= 4 is 17.5 Å². The first-order valence-corrected chi connectivity index (χ1v) is 8.06. The molecule has 1 aliphatic heterocycles. The Labute approximate surface area is 131 Å². The molecule has 3 nitrogen and oxygen atoms in total. The quantitative estimate of drug-likeness (QED) is 0.922. The van der Waals surface area contributed by atoms with E-state index in [0.717, 1.165) is 31.5 Å². The first-order valence-electron chi connectivity index (χ1n) is 7.68. The topological polar surface area (TPSA) is 40.5 Å². The van der Waals surface area contributed by atoms with E-state index in [4.69, 9.17) is 11.6 Å². The summed E-state index contributed by atoms with van der Waals surface area (Å²) in [5, 5.41) is 11.1. The second-order valence-corrected chi connectivity index (χ2v) is 6.75. The zero-order valence-corrected chi connectivity index (χ0v) is 13.5. The molecule has 21 heavy (non-hydrogen) atoms. The van der Waals surface area contributed by atoms with Crippen LogP contribution in [0.1, 0.15) is 44.8 Å². The maximum absolute atomic E-state index is 12.0. The molecule has 1 fully saturated rings. The van der Waals surface area contributed by atoms with E-state index < -0.39 is 6.10 Å². The molecule has 0 saturated carbocycles. The Kier molecular flexibility index (Phi) is 5.65. The highest BCUT2D eigenvalue weighted by atomic mass is 35.5.